The van der Waals surface area contributed by atoms with E-state index in [2.05, 4.69) is 5.32 Å². The molecule has 0 aliphatic heterocycles. The van der Waals surface area contributed by atoms with Crippen molar-refractivity contribution >= 4 is 18.3 Å². The fourth-order valence-corrected chi connectivity index (χ4v) is 1.71. The van der Waals surface area contributed by atoms with Crippen LogP contribution in [0.4, 0.5) is 5.69 Å². The van der Waals surface area contributed by atoms with Gasteiger partial charge in [-0.15, -0.1) is 0 Å². The summed E-state index contributed by atoms with van der Waals surface area (Å²) in [4.78, 5) is 0. The maximum atomic E-state index is 9.92. The Balaban J connectivity index is 1.86. The van der Waals surface area contributed by atoms with Gasteiger partial charge in [0.2, 0.25) is 0 Å². The molecule has 0 unspecified atom stereocenters. The van der Waals surface area contributed by atoms with E-state index >= 15 is 0 Å². The van der Waals surface area contributed by atoms with E-state index in [-0.39, 0.29) is 6.73 Å². The molecule has 2 aromatic rings. The Bertz CT molecular complexity index is 490. The minimum atomic E-state index is -0.901. The Kier molecular flexibility index (Phi) is 4.39. The van der Waals surface area contributed by atoms with Gasteiger partial charge < -0.3 is 15.0 Å². The molecule has 0 bridgehead atoms. The molecule has 2 N–H and O–H groups in total. The lowest BCUT2D eigenvalue weighted by Crippen LogP contribution is -2.36. The van der Waals surface area contributed by atoms with Crippen LogP contribution in [-0.4, -0.2) is 18.9 Å². The van der Waals surface area contributed by atoms with Crippen molar-refractivity contribution in [2.45, 2.75) is 6.92 Å². The van der Waals surface area contributed by atoms with E-state index in [1.54, 1.807) is 0 Å². The van der Waals surface area contributed by atoms with Crippen LogP contribution in [0.1, 0.15) is 5.56 Å². The third kappa shape index (κ3) is 3.36. The summed E-state index contributed by atoms with van der Waals surface area (Å²) in [6.45, 7) is 2.21. The Labute approximate surface area is 108 Å². The second-order valence-electron chi connectivity index (χ2n) is 4.06. The van der Waals surface area contributed by atoms with Crippen LogP contribution in [0, 0.1) is 6.92 Å². The summed E-state index contributed by atoms with van der Waals surface area (Å²) in [5.41, 5.74) is 2.78. The molecule has 0 spiro atoms. The molecule has 0 radical (unpaired) electrons. The lowest BCUT2D eigenvalue weighted by atomic mass is 9.77. The van der Waals surface area contributed by atoms with E-state index in [4.69, 9.17) is 4.65 Å². The normalized spacial score (nSPS) is 10.1. The average Bonchev–Trinajstić information content (AvgIpc) is 2.40. The molecule has 0 aromatic heterocycles. The molecule has 2 rings (SSSR count). The van der Waals surface area contributed by atoms with Crippen LogP contribution in [0.5, 0.6) is 0 Å². The third-order valence-electron chi connectivity index (χ3n) is 2.75. The van der Waals surface area contributed by atoms with Gasteiger partial charge in [-0.2, -0.15) is 0 Å². The fourth-order valence-electron chi connectivity index (χ4n) is 1.71. The molecule has 0 aliphatic rings. The van der Waals surface area contributed by atoms with Crippen molar-refractivity contribution < 1.29 is 9.68 Å². The van der Waals surface area contributed by atoms with E-state index in [1.165, 1.54) is 0 Å². The highest BCUT2D eigenvalue weighted by molar-refractivity contribution is 6.60. The molecule has 0 fully saturated rings. The van der Waals surface area contributed by atoms with Crippen LogP contribution in [-0.2, 0) is 4.65 Å². The molecule has 2 aromatic carbocycles. The molecule has 0 amide bonds. The number of hydrogen-bond donors (Lipinski definition) is 2. The predicted octanol–water partition coefficient (Wildman–Crippen LogP) is 1.77. The molecular formula is C14H16BNO2. The molecule has 0 saturated carbocycles. The summed E-state index contributed by atoms with van der Waals surface area (Å²) in [6, 6.07) is 17.4. The second-order valence-corrected chi connectivity index (χ2v) is 4.06. The minimum Gasteiger partial charge on any atom is -0.423 e. The van der Waals surface area contributed by atoms with Crippen LogP contribution in [0.2, 0.25) is 0 Å². The molecule has 3 nitrogen and oxygen atoms in total. The van der Waals surface area contributed by atoms with E-state index in [1.807, 2.05) is 61.5 Å². The summed E-state index contributed by atoms with van der Waals surface area (Å²) >= 11 is 0. The topological polar surface area (TPSA) is 41.5 Å². The highest BCUT2D eigenvalue weighted by atomic mass is 16.5. The van der Waals surface area contributed by atoms with Crippen molar-refractivity contribution in [2.24, 2.45) is 0 Å². The Morgan fingerprint density at radius 1 is 1.06 bits per heavy atom. The van der Waals surface area contributed by atoms with Gasteiger partial charge in [0.25, 0.3) is 0 Å². The van der Waals surface area contributed by atoms with Gasteiger partial charge in [-0.25, -0.2) is 0 Å². The van der Waals surface area contributed by atoms with Crippen molar-refractivity contribution in [1.82, 2.24) is 0 Å². The first kappa shape index (κ1) is 12.7. The highest BCUT2D eigenvalue weighted by Gasteiger charge is 2.17. The van der Waals surface area contributed by atoms with Gasteiger partial charge in [-0.1, -0.05) is 48.0 Å². The molecule has 0 saturated heterocycles. The van der Waals surface area contributed by atoms with Crippen LogP contribution >= 0.6 is 0 Å². The van der Waals surface area contributed by atoms with Crippen LogP contribution in [0.3, 0.4) is 0 Å². The molecule has 0 aliphatic carbocycles. The first-order chi connectivity index (χ1) is 8.77. The van der Waals surface area contributed by atoms with E-state index < -0.39 is 7.12 Å². The number of para-hydroxylation sites is 1. The zero-order valence-electron chi connectivity index (χ0n) is 10.3. The number of hydrogen-bond acceptors (Lipinski definition) is 3. The van der Waals surface area contributed by atoms with Gasteiger partial charge in [-0.05, 0) is 24.5 Å². The van der Waals surface area contributed by atoms with Gasteiger partial charge in [0.05, 0.1) is 0 Å². The lowest BCUT2D eigenvalue weighted by molar-refractivity contribution is 0.292. The monoisotopic (exact) mass is 241 g/mol. The Morgan fingerprint density at radius 3 is 2.44 bits per heavy atom. The number of aryl methyl sites for hydroxylation is 1. The largest absolute Gasteiger partial charge is 0.492 e. The summed E-state index contributed by atoms with van der Waals surface area (Å²) in [6.07, 6.45) is 0. The highest BCUT2D eigenvalue weighted by Crippen LogP contribution is 2.04. The van der Waals surface area contributed by atoms with Crippen molar-refractivity contribution in [1.29, 1.82) is 0 Å². The molecule has 4 heteroatoms. The maximum Gasteiger partial charge on any atom is 0.492 e. The van der Waals surface area contributed by atoms with Gasteiger partial charge in [0, 0.05) is 5.69 Å². The third-order valence-corrected chi connectivity index (χ3v) is 2.75. The Morgan fingerprint density at radius 2 is 1.72 bits per heavy atom. The lowest BCUT2D eigenvalue weighted by Gasteiger charge is -2.12. The molecule has 0 heterocycles. The first-order valence-corrected chi connectivity index (χ1v) is 5.91. The zero-order chi connectivity index (χ0) is 12.8. The predicted molar refractivity (Wildman–Crippen MR) is 74.8 cm³/mol. The van der Waals surface area contributed by atoms with Crippen LogP contribution < -0.4 is 10.8 Å². The number of benzene rings is 2. The second kappa shape index (κ2) is 6.24. The van der Waals surface area contributed by atoms with Gasteiger partial charge in [0.1, 0.15) is 6.73 Å². The summed E-state index contributed by atoms with van der Waals surface area (Å²) in [5.74, 6) is 0. The van der Waals surface area contributed by atoms with Crippen molar-refractivity contribution in [3.8, 4) is 0 Å². The van der Waals surface area contributed by atoms with Gasteiger partial charge in [-0.3, -0.25) is 0 Å². The Hall–Kier alpha value is -1.78. The zero-order valence-corrected chi connectivity index (χ0v) is 10.3. The average molecular weight is 241 g/mol. The molecule has 0 atom stereocenters. The summed E-state index contributed by atoms with van der Waals surface area (Å²) in [7, 11) is -0.901. The van der Waals surface area contributed by atoms with Crippen LogP contribution in [0.15, 0.2) is 54.6 Å². The van der Waals surface area contributed by atoms with Gasteiger partial charge in [0.15, 0.2) is 0 Å². The first-order valence-electron chi connectivity index (χ1n) is 5.91. The number of nitrogens with one attached hydrogen (secondary N) is 1. The van der Waals surface area contributed by atoms with E-state index in [0.29, 0.717) is 0 Å². The van der Waals surface area contributed by atoms with Crippen LogP contribution in [0.25, 0.3) is 0 Å². The number of rotatable bonds is 5. The molecular weight excluding hydrogens is 225 g/mol. The SMILES string of the molecule is Cc1ccccc1B(O)OCNc1ccccc1. The molecule has 18 heavy (non-hydrogen) atoms. The fraction of sp³-hybridized carbons (Fsp3) is 0.143. The van der Waals surface area contributed by atoms with Crippen molar-refractivity contribution in [3.63, 3.8) is 0 Å². The maximum absolute atomic E-state index is 9.92. The van der Waals surface area contributed by atoms with Crippen molar-refractivity contribution in [3.05, 3.63) is 60.2 Å². The summed E-state index contributed by atoms with van der Waals surface area (Å²) in [5, 5.41) is 13.0. The number of anilines is 1. The minimum absolute atomic E-state index is 0.263. The van der Waals surface area contributed by atoms with E-state index in [0.717, 1.165) is 16.7 Å². The summed E-state index contributed by atoms with van der Waals surface area (Å²) < 4.78 is 5.36. The standard InChI is InChI=1S/C14H16BNO2/c1-12-7-5-6-10-14(12)15(17)18-11-16-13-8-3-2-4-9-13/h2-10,16-17H,11H2,1H3. The quantitative estimate of drug-likeness (QED) is 0.619. The van der Waals surface area contributed by atoms with E-state index in [9.17, 15) is 5.02 Å². The smallest absolute Gasteiger partial charge is 0.423 e. The van der Waals surface area contributed by atoms with Gasteiger partial charge >= 0.3 is 7.12 Å². The molecule has 92 valence electrons. The van der Waals surface area contributed by atoms with Crippen molar-refractivity contribution in [2.75, 3.05) is 12.0 Å².